The van der Waals surface area contributed by atoms with Gasteiger partial charge in [0.25, 0.3) is 5.91 Å². The number of hydrogen-bond acceptors (Lipinski definition) is 4. The highest BCUT2D eigenvalue weighted by molar-refractivity contribution is 5.92. The first-order valence-corrected chi connectivity index (χ1v) is 6.71. The van der Waals surface area contributed by atoms with Crippen molar-refractivity contribution in [3.05, 3.63) is 29.6 Å². The number of hydrogen-bond donors (Lipinski definition) is 2. The van der Waals surface area contributed by atoms with Gasteiger partial charge in [-0.15, -0.1) is 0 Å². The molecule has 1 aliphatic rings. The largest absolute Gasteiger partial charge is 0.481 e. The van der Waals surface area contributed by atoms with E-state index in [-0.39, 0.29) is 18.2 Å². The van der Waals surface area contributed by atoms with E-state index in [1.165, 1.54) is 0 Å². The molecule has 2 rings (SSSR count). The zero-order valence-electron chi connectivity index (χ0n) is 11.5. The van der Waals surface area contributed by atoms with Crippen LogP contribution in [0.5, 0.6) is 0 Å². The zero-order valence-corrected chi connectivity index (χ0v) is 11.5. The molecule has 1 aromatic rings. The Hall–Kier alpha value is -1.95. The second kappa shape index (κ2) is 6.47. The number of carbonyl (C=O) groups excluding carboxylic acids is 1. The van der Waals surface area contributed by atoms with Crippen LogP contribution in [0.3, 0.4) is 0 Å². The Balaban J connectivity index is 2.09. The Bertz CT molecular complexity index is 504. The van der Waals surface area contributed by atoms with Gasteiger partial charge in [-0.25, -0.2) is 4.98 Å². The molecular formula is C14H19N3O3. The fourth-order valence-electron chi connectivity index (χ4n) is 2.38. The number of nitrogens with zero attached hydrogens (tertiary/aromatic N) is 2. The van der Waals surface area contributed by atoms with Crippen molar-refractivity contribution in [1.29, 1.82) is 0 Å². The van der Waals surface area contributed by atoms with Crippen LogP contribution in [-0.2, 0) is 4.79 Å². The first-order valence-electron chi connectivity index (χ1n) is 6.71. The van der Waals surface area contributed by atoms with Crippen LogP contribution in [0.2, 0.25) is 0 Å². The molecule has 6 nitrogen and oxygen atoms in total. The minimum atomic E-state index is -0.834. The van der Waals surface area contributed by atoms with E-state index in [4.69, 9.17) is 5.11 Å². The number of amides is 1. The molecule has 1 aliphatic heterocycles. The number of pyridine rings is 1. The third-order valence-electron chi connectivity index (χ3n) is 3.33. The van der Waals surface area contributed by atoms with Crippen molar-refractivity contribution in [3.8, 4) is 0 Å². The van der Waals surface area contributed by atoms with E-state index in [2.05, 4.69) is 10.3 Å². The average molecular weight is 277 g/mol. The molecule has 2 N–H and O–H groups in total. The molecule has 0 saturated carbocycles. The van der Waals surface area contributed by atoms with Gasteiger partial charge in [-0.2, -0.15) is 0 Å². The van der Waals surface area contributed by atoms with Crippen LogP contribution in [0.1, 0.15) is 22.6 Å². The van der Waals surface area contributed by atoms with Crippen LogP contribution in [0.15, 0.2) is 18.2 Å². The predicted molar refractivity (Wildman–Crippen MR) is 73.5 cm³/mol. The van der Waals surface area contributed by atoms with Gasteiger partial charge in [0.1, 0.15) is 5.69 Å². The summed E-state index contributed by atoms with van der Waals surface area (Å²) in [6, 6.07) is 5.34. The summed E-state index contributed by atoms with van der Waals surface area (Å²) in [6.45, 7) is 4.16. The van der Waals surface area contributed by atoms with Gasteiger partial charge in [-0.3, -0.25) is 9.59 Å². The second-order valence-corrected chi connectivity index (χ2v) is 5.08. The Morgan fingerprint density at radius 3 is 3.00 bits per heavy atom. The SMILES string of the molecule is Cc1cccc(C(=O)N2CCNCC(CC(=O)O)C2)n1. The number of nitrogens with one attached hydrogen (secondary N) is 1. The maximum absolute atomic E-state index is 12.4. The van der Waals surface area contributed by atoms with Crippen LogP contribution in [-0.4, -0.2) is 53.0 Å². The van der Waals surface area contributed by atoms with Crippen LogP contribution in [0.4, 0.5) is 0 Å². The fraction of sp³-hybridized carbons (Fsp3) is 0.500. The normalized spacial score (nSPS) is 19.4. The molecule has 1 fully saturated rings. The van der Waals surface area contributed by atoms with E-state index in [1.54, 1.807) is 17.0 Å². The maximum Gasteiger partial charge on any atom is 0.303 e. The first-order chi connectivity index (χ1) is 9.56. The van der Waals surface area contributed by atoms with Gasteiger partial charge in [0.2, 0.25) is 0 Å². The molecule has 108 valence electrons. The number of carboxylic acids is 1. The summed E-state index contributed by atoms with van der Waals surface area (Å²) in [4.78, 5) is 29.2. The number of aromatic nitrogens is 1. The lowest BCUT2D eigenvalue weighted by Crippen LogP contribution is -2.37. The van der Waals surface area contributed by atoms with E-state index in [9.17, 15) is 9.59 Å². The molecule has 1 unspecified atom stereocenters. The fourth-order valence-corrected chi connectivity index (χ4v) is 2.38. The number of carboxylic acid groups (broad SMARTS) is 1. The van der Waals surface area contributed by atoms with Gasteiger partial charge < -0.3 is 15.3 Å². The zero-order chi connectivity index (χ0) is 14.5. The molecule has 0 aliphatic carbocycles. The molecule has 0 bridgehead atoms. The van der Waals surface area contributed by atoms with Crippen molar-refractivity contribution in [2.75, 3.05) is 26.2 Å². The number of rotatable bonds is 3. The quantitative estimate of drug-likeness (QED) is 0.842. The van der Waals surface area contributed by atoms with Gasteiger partial charge in [0.15, 0.2) is 0 Å². The van der Waals surface area contributed by atoms with E-state index in [0.717, 1.165) is 5.69 Å². The van der Waals surface area contributed by atoms with Crippen molar-refractivity contribution >= 4 is 11.9 Å². The molecule has 6 heteroatoms. The van der Waals surface area contributed by atoms with Crippen LogP contribution < -0.4 is 5.32 Å². The highest BCUT2D eigenvalue weighted by atomic mass is 16.4. The highest BCUT2D eigenvalue weighted by Crippen LogP contribution is 2.11. The molecule has 0 spiro atoms. The van der Waals surface area contributed by atoms with Gasteiger partial charge in [-0.05, 0) is 25.0 Å². The van der Waals surface area contributed by atoms with E-state index in [0.29, 0.717) is 31.9 Å². The number of carbonyl (C=O) groups is 2. The molecule has 0 aromatic carbocycles. The molecule has 20 heavy (non-hydrogen) atoms. The topological polar surface area (TPSA) is 82.5 Å². The first kappa shape index (κ1) is 14.5. The van der Waals surface area contributed by atoms with Gasteiger partial charge in [0.05, 0.1) is 6.42 Å². The number of aliphatic carboxylic acids is 1. The van der Waals surface area contributed by atoms with Crippen LogP contribution in [0, 0.1) is 12.8 Å². The van der Waals surface area contributed by atoms with Gasteiger partial charge >= 0.3 is 5.97 Å². The predicted octanol–water partition coefficient (Wildman–Crippen LogP) is 0.526. The number of aryl methyl sites for hydroxylation is 1. The van der Waals surface area contributed by atoms with Crippen molar-refractivity contribution in [3.63, 3.8) is 0 Å². The molecule has 2 heterocycles. The Kier molecular flexibility index (Phi) is 4.68. The second-order valence-electron chi connectivity index (χ2n) is 5.08. The lowest BCUT2D eigenvalue weighted by Gasteiger charge is -2.23. The van der Waals surface area contributed by atoms with Gasteiger partial charge in [0, 0.05) is 31.9 Å². The Labute approximate surface area is 117 Å². The third-order valence-corrected chi connectivity index (χ3v) is 3.33. The molecule has 1 aromatic heterocycles. The Morgan fingerprint density at radius 1 is 1.50 bits per heavy atom. The van der Waals surface area contributed by atoms with E-state index < -0.39 is 5.97 Å². The van der Waals surface area contributed by atoms with Crippen molar-refractivity contribution < 1.29 is 14.7 Å². The minimum absolute atomic E-state index is 0.0660. The molecule has 1 saturated heterocycles. The van der Waals surface area contributed by atoms with E-state index >= 15 is 0 Å². The molecular weight excluding hydrogens is 258 g/mol. The van der Waals surface area contributed by atoms with Crippen molar-refractivity contribution in [1.82, 2.24) is 15.2 Å². The molecule has 0 radical (unpaired) electrons. The van der Waals surface area contributed by atoms with E-state index in [1.807, 2.05) is 13.0 Å². The lowest BCUT2D eigenvalue weighted by molar-refractivity contribution is -0.138. The molecule has 1 atom stereocenters. The lowest BCUT2D eigenvalue weighted by atomic mass is 10.1. The standard InChI is InChI=1S/C14H19N3O3/c1-10-3-2-4-12(16-10)14(20)17-6-5-15-8-11(9-17)7-13(18)19/h2-4,11,15H,5-9H2,1H3,(H,18,19). The third kappa shape index (κ3) is 3.77. The van der Waals surface area contributed by atoms with Gasteiger partial charge in [-0.1, -0.05) is 6.07 Å². The summed E-state index contributed by atoms with van der Waals surface area (Å²) in [5.74, 6) is -1.03. The maximum atomic E-state index is 12.4. The summed E-state index contributed by atoms with van der Waals surface area (Å²) >= 11 is 0. The van der Waals surface area contributed by atoms with Crippen LogP contribution in [0.25, 0.3) is 0 Å². The summed E-state index contributed by atoms with van der Waals surface area (Å²) in [5.41, 5.74) is 1.21. The molecule has 1 amide bonds. The summed E-state index contributed by atoms with van der Waals surface area (Å²) in [6.07, 6.45) is 0.0675. The average Bonchev–Trinajstić information content (AvgIpc) is 2.62. The van der Waals surface area contributed by atoms with Crippen molar-refractivity contribution in [2.24, 2.45) is 5.92 Å². The highest BCUT2D eigenvalue weighted by Gasteiger charge is 2.24. The van der Waals surface area contributed by atoms with Crippen molar-refractivity contribution in [2.45, 2.75) is 13.3 Å². The summed E-state index contributed by atoms with van der Waals surface area (Å²) < 4.78 is 0. The summed E-state index contributed by atoms with van der Waals surface area (Å²) in [5, 5.41) is 12.1. The smallest absolute Gasteiger partial charge is 0.303 e. The minimum Gasteiger partial charge on any atom is -0.481 e. The monoisotopic (exact) mass is 277 g/mol. The Morgan fingerprint density at radius 2 is 2.30 bits per heavy atom. The summed E-state index contributed by atoms with van der Waals surface area (Å²) in [7, 11) is 0. The van der Waals surface area contributed by atoms with Crippen LogP contribution >= 0.6 is 0 Å².